The van der Waals surface area contributed by atoms with E-state index in [9.17, 15) is 0 Å². The molecule has 0 bridgehead atoms. The molecule has 0 amide bonds. The van der Waals surface area contributed by atoms with Gasteiger partial charge in [0.05, 0.1) is 11.4 Å². The van der Waals surface area contributed by atoms with Crippen LogP contribution in [0.5, 0.6) is 0 Å². The number of fused-ring (bicyclic) bond motifs is 1. The largest absolute Gasteiger partial charge is 0.294 e. The van der Waals surface area contributed by atoms with E-state index in [-0.39, 0.29) is 0 Å². The SMILES string of the molecule is C=C1/C=C(\C)C2=C(C=CC2)NN(C2=CC=CC2)c2ccccc21. The Hall–Kier alpha value is -2.74. The van der Waals surface area contributed by atoms with Crippen molar-refractivity contribution in [2.45, 2.75) is 19.8 Å². The Kier molecular flexibility index (Phi) is 3.30. The molecule has 23 heavy (non-hydrogen) atoms. The highest BCUT2D eigenvalue weighted by molar-refractivity contribution is 5.83. The van der Waals surface area contributed by atoms with Crippen LogP contribution in [0.15, 0.2) is 89.8 Å². The van der Waals surface area contributed by atoms with Crippen LogP contribution in [0.3, 0.4) is 0 Å². The first-order valence-electron chi connectivity index (χ1n) is 8.03. The summed E-state index contributed by atoms with van der Waals surface area (Å²) in [4.78, 5) is 0. The molecule has 1 aromatic rings. The maximum Gasteiger partial charge on any atom is 0.0704 e. The Balaban J connectivity index is 1.90. The molecule has 114 valence electrons. The van der Waals surface area contributed by atoms with E-state index in [4.69, 9.17) is 0 Å². The summed E-state index contributed by atoms with van der Waals surface area (Å²) in [5, 5.41) is 2.21. The molecular weight excluding hydrogens is 280 g/mol. The van der Waals surface area contributed by atoms with Crippen molar-refractivity contribution in [2.24, 2.45) is 0 Å². The molecule has 0 aromatic heterocycles. The maximum absolute atomic E-state index is 4.32. The van der Waals surface area contributed by atoms with Crippen molar-refractivity contribution in [2.75, 3.05) is 5.01 Å². The van der Waals surface area contributed by atoms with Gasteiger partial charge in [0.15, 0.2) is 0 Å². The van der Waals surface area contributed by atoms with Gasteiger partial charge in [-0.15, -0.1) is 0 Å². The number of nitrogens with one attached hydrogen (secondary N) is 1. The van der Waals surface area contributed by atoms with Crippen molar-refractivity contribution < 1.29 is 0 Å². The number of allylic oxidation sites excluding steroid dienone is 9. The van der Waals surface area contributed by atoms with Crippen LogP contribution in [-0.4, -0.2) is 0 Å². The van der Waals surface area contributed by atoms with E-state index in [1.54, 1.807) is 0 Å². The zero-order chi connectivity index (χ0) is 15.8. The van der Waals surface area contributed by atoms with E-state index in [1.165, 1.54) is 22.5 Å². The van der Waals surface area contributed by atoms with Gasteiger partial charge in [-0.1, -0.05) is 49.1 Å². The summed E-state index contributed by atoms with van der Waals surface area (Å²) in [5.74, 6) is 0. The third kappa shape index (κ3) is 2.36. The lowest BCUT2D eigenvalue weighted by Crippen LogP contribution is -2.36. The summed E-state index contributed by atoms with van der Waals surface area (Å²) in [6, 6.07) is 8.45. The molecule has 0 unspecified atom stereocenters. The van der Waals surface area contributed by atoms with E-state index in [0.29, 0.717) is 0 Å². The van der Waals surface area contributed by atoms with Crippen molar-refractivity contribution in [1.29, 1.82) is 0 Å². The Labute approximate surface area is 137 Å². The molecule has 1 N–H and O–H groups in total. The van der Waals surface area contributed by atoms with E-state index in [0.717, 1.165) is 29.7 Å². The first-order valence-corrected chi connectivity index (χ1v) is 8.03. The van der Waals surface area contributed by atoms with Crippen LogP contribution in [0.2, 0.25) is 0 Å². The van der Waals surface area contributed by atoms with Gasteiger partial charge in [-0.2, -0.15) is 0 Å². The maximum atomic E-state index is 4.32. The van der Waals surface area contributed by atoms with E-state index >= 15 is 0 Å². The summed E-state index contributed by atoms with van der Waals surface area (Å²) in [6.07, 6.45) is 15.0. The number of hydrogen-bond acceptors (Lipinski definition) is 2. The second-order valence-corrected chi connectivity index (χ2v) is 6.11. The summed E-state index contributed by atoms with van der Waals surface area (Å²) in [7, 11) is 0. The Morgan fingerprint density at radius 2 is 2.00 bits per heavy atom. The van der Waals surface area contributed by atoms with E-state index in [1.807, 2.05) is 0 Å². The normalized spacial score (nSPS) is 21.8. The molecule has 0 spiro atoms. The number of anilines is 1. The highest BCUT2D eigenvalue weighted by atomic mass is 15.5. The summed E-state index contributed by atoms with van der Waals surface area (Å²) in [6.45, 7) is 6.49. The van der Waals surface area contributed by atoms with Crippen LogP contribution in [-0.2, 0) is 0 Å². The van der Waals surface area contributed by atoms with Gasteiger partial charge < -0.3 is 0 Å². The fourth-order valence-corrected chi connectivity index (χ4v) is 3.36. The van der Waals surface area contributed by atoms with Crippen LogP contribution in [0.1, 0.15) is 25.3 Å². The lowest BCUT2D eigenvalue weighted by molar-refractivity contribution is 0.785. The van der Waals surface area contributed by atoms with Crippen LogP contribution < -0.4 is 10.4 Å². The first kappa shape index (κ1) is 13.9. The molecule has 2 aliphatic carbocycles. The van der Waals surface area contributed by atoms with Gasteiger partial charge in [0, 0.05) is 17.7 Å². The Morgan fingerprint density at radius 1 is 1.13 bits per heavy atom. The van der Waals surface area contributed by atoms with Crippen LogP contribution in [0, 0.1) is 0 Å². The monoisotopic (exact) mass is 300 g/mol. The lowest BCUT2D eigenvalue weighted by atomic mass is 9.99. The third-order valence-corrected chi connectivity index (χ3v) is 4.56. The predicted molar refractivity (Wildman–Crippen MR) is 97.5 cm³/mol. The lowest BCUT2D eigenvalue weighted by Gasteiger charge is -2.30. The minimum Gasteiger partial charge on any atom is -0.294 e. The quantitative estimate of drug-likeness (QED) is 0.782. The van der Waals surface area contributed by atoms with E-state index < -0.39 is 0 Å². The van der Waals surface area contributed by atoms with Gasteiger partial charge >= 0.3 is 0 Å². The molecule has 0 fully saturated rings. The van der Waals surface area contributed by atoms with Crippen molar-refractivity contribution >= 4 is 11.3 Å². The molecule has 2 heteroatoms. The number of rotatable bonds is 1. The zero-order valence-corrected chi connectivity index (χ0v) is 13.3. The van der Waals surface area contributed by atoms with Gasteiger partial charge in [-0.05, 0) is 48.3 Å². The van der Waals surface area contributed by atoms with Crippen LogP contribution in [0.25, 0.3) is 5.57 Å². The van der Waals surface area contributed by atoms with Gasteiger partial charge in [0.2, 0.25) is 0 Å². The molecule has 0 radical (unpaired) electrons. The molecule has 1 aliphatic heterocycles. The highest BCUT2D eigenvalue weighted by Gasteiger charge is 2.22. The molecule has 0 atom stereocenters. The summed E-state index contributed by atoms with van der Waals surface area (Å²) < 4.78 is 0. The predicted octanol–water partition coefficient (Wildman–Crippen LogP) is 5.03. The standard InChI is InChI=1S/C21H20N2/c1-15-14-16(2)19-10-5-6-13-21(19)23(17-8-3-4-9-17)22-20-12-7-11-18(15)20/h3-8,10,12-14,22H,2,9,11H2,1H3/b15-14+. The number of hydrogen-bond donors (Lipinski definition) is 1. The summed E-state index contributed by atoms with van der Waals surface area (Å²) >= 11 is 0. The smallest absolute Gasteiger partial charge is 0.0704 e. The molecule has 3 aliphatic rings. The van der Waals surface area contributed by atoms with Crippen LogP contribution >= 0.6 is 0 Å². The van der Waals surface area contributed by atoms with Crippen molar-refractivity contribution in [3.05, 3.63) is 95.4 Å². The average Bonchev–Trinajstić information content (AvgIpc) is 3.23. The second kappa shape index (κ2) is 5.47. The minimum absolute atomic E-state index is 0.937. The second-order valence-electron chi connectivity index (χ2n) is 6.11. The van der Waals surface area contributed by atoms with Crippen molar-refractivity contribution in [1.82, 2.24) is 5.43 Å². The molecular formula is C21H20N2. The van der Waals surface area contributed by atoms with Gasteiger partial charge in [0.1, 0.15) is 0 Å². The molecule has 0 saturated heterocycles. The van der Waals surface area contributed by atoms with Crippen LogP contribution in [0.4, 0.5) is 5.69 Å². The van der Waals surface area contributed by atoms with E-state index in [2.05, 4.69) is 84.7 Å². The molecule has 0 saturated carbocycles. The zero-order valence-electron chi connectivity index (χ0n) is 13.3. The van der Waals surface area contributed by atoms with Gasteiger partial charge in [0.25, 0.3) is 0 Å². The molecule has 1 aromatic carbocycles. The average molecular weight is 300 g/mol. The molecule has 1 heterocycles. The molecule has 2 nitrogen and oxygen atoms in total. The number of para-hydroxylation sites is 1. The number of hydrazine groups is 1. The van der Waals surface area contributed by atoms with Gasteiger partial charge in [-0.25, -0.2) is 0 Å². The van der Waals surface area contributed by atoms with Crippen molar-refractivity contribution in [3.63, 3.8) is 0 Å². The Morgan fingerprint density at radius 3 is 2.83 bits per heavy atom. The Bertz CT molecular complexity index is 831. The van der Waals surface area contributed by atoms with Gasteiger partial charge in [-0.3, -0.25) is 10.4 Å². The topological polar surface area (TPSA) is 15.3 Å². The minimum atomic E-state index is 0.937. The number of benzene rings is 1. The fourth-order valence-electron chi connectivity index (χ4n) is 3.36. The first-order chi connectivity index (χ1) is 11.2. The molecule has 4 rings (SSSR count). The fraction of sp³-hybridized carbons (Fsp3) is 0.143. The third-order valence-electron chi connectivity index (χ3n) is 4.56. The summed E-state index contributed by atoms with van der Waals surface area (Å²) in [5.41, 5.74) is 12.0. The number of nitrogens with zero attached hydrogens (tertiary/aromatic N) is 1. The highest BCUT2D eigenvalue weighted by Crippen LogP contribution is 2.35. The van der Waals surface area contributed by atoms with Crippen molar-refractivity contribution in [3.8, 4) is 0 Å².